The third-order valence-corrected chi connectivity index (χ3v) is 3.57. The van der Waals surface area contributed by atoms with Crippen molar-refractivity contribution >= 4 is 11.7 Å². The molecule has 22 heavy (non-hydrogen) atoms. The summed E-state index contributed by atoms with van der Waals surface area (Å²) in [5, 5.41) is 17.3. The van der Waals surface area contributed by atoms with E-state index < -0.39 is 0 Å². The fraction of sp³-hybridized carbons (Fsp3) is 0.533. The number of H-pyrrole nitrogens is 1. The number of aromatic nitrogens is 4. The number of hydrogen-bond donors (Lipinski definition) is 3. The smallest absolute Gasteiger partial charge is 0.319 e. The lowest BCUT2D eigenvalue weighted by molar-refractivity contribution is 0.249. The predicted molar refractivity (Wildman–Crippen MR) is 86.0 cm³/mol. The molecular weight excluding hydrogens is 280 g/mol. The summed E-state index contributed by atoms with van der Waals surface area (Å²) in [6.07, 6.45) is 0.684. The quantitative estimate of drug-likeness (QED) is 0.792. The molecule has 2 amide bonds. The van der Waals surface area contributed by atoms with Gasteiger partial charge in [0, 0.05) is 24.7 Å². The Morgan fingerprint density at radius 1 is 1.41 bits per heavy atom. The maximum absolute atomic E-state index is 12.1. The van der Waals surface area contributed by atoms with E-state index in [1.807, 2.05) is 45.4 Å². The molecule has 7 heteroatoms. The zero-order chi connectivity index (χ0) is 16.3. The van der Waals surface area contributed by atoms with Gasteiger partial charge in [0.05, 0.1) is 22.8 Å². The van der Waals surface area contributed by atoms with Crippen LogP contribution >= 0.6 is 0 Å². The first-order valence-electron chi connectivity index (χ1n) is 7.53. The van der Waals surface area contributed by atoms with E-state index in [-0.39, 0.29) is 12.1 Å². The van der Waals surface area contributed by atoms with Crippen LogP contribution in [0.3, 0.4) is 0 Å². The van der Waals surface area contributed by atoms with Crippen LogP contribution in [-0.4, -0.2) is 32.1 Å². The number of amides is 2. The van der Waals surface area contributed by atoms with Gasteiger partial charge in [0.15, 0.2) is 0 Å². The fourth-order valence-corrected chi connectivity index (χ4v) is 2.50. The molecule has 2 aromatic heterocycles. The molecule has 0 spiro atoms. The van der Waals surface area contributed by atoms with E-state index in [1.165, 1.54) is 0 Å². The Bertz CT molecular complexity index is 657. The maximum Gasteiger partial charge on any atom is 0.319 e. The van der Waals surface area contributed by atoms with Gasteiger partial charge in [-0.15, -0.1) is 0 Å². The average molecular weight is 304 g/mol. The van der Waals surface area contributed by atoms with Crippen molar-refractivity contribution in [3.05, 3.63) is 28.8 Å². The van der Waals surface area contributed by atoms with Crippen LogP contribution < -0.4 is 10.6 Å². The van der Waals surface area contributed by atoms with Crippen molar-refractivity contribution < 1.29 is 4.79 Å². The van der Waals surface area contributed by atoms with Crippen LogP contribution in [0, 0.1) is 20.8 Å². The van der Waals surface area contributed by atoms with Crippen molar-refractivity contribution in [3.8, 4) is 0 Å². The molecule has 0 unspecified atom stereocenters. The van der Waals surface area contributed by atoms with Gasteiger partial charge in [0.25, 0.3) is 0 Å². The molecule has 2 rings (SSSR count). The van der Waals surface area contributed by atoms with Crippen LogP contribution in [0.1, 0.15) is 36.6 Å². The molecule has 0 bridgehead atoms. The average Bonchev–Trinajstić information content (AvgIpc) is 2.96. The predicted octanol–water partition coefficient (Wildman–Crippen LogP) is 2.30. The summed E-state index contributed by atoms with van der Waals surface area (Å²) >= 11 is 0. The Hall–Kier alpha value is -2.31. The van der Waals surface area contributed by atoms with Crippen LogP contribution in [-0.2, 0) is 13.0 Å². The second-order valence-corrected chi connectivity index (χ2v) is 5.61. The lowest BCUT2D eigenvalue weighted by Gasteiger charge is -2.13. The molecule has 1 atom stereocenters. The van der Waals surface area contributed by atoms with Gasteiger partial charge in [0.1, 0.15) is 0 Å². The first-order valence-corrected chi connectivity index (χ1v) is 7.53. The van der Waals surface area contributed by atoms with Gasteiger partial charge in [-0.1, -0.05) is 0 Å². The molecule has 3 N–H and O–H groups in total. The monoisotopic (exact) mass is 304 g/mol. The Morgan fingerprint density at radius 2 is 2.14 bits per heavy atom. The van der Waals surface area contributed by atoms with Crippen LogP contribution in [0.15, 0.2) is 6.07 Å². The number of aryl methyl sites for hydroxylation is 3. The number of aromatic amines is 1. The molecule has 0 aliphatic rings. The fourth-order valence-electron chi connectivity index (χ4n) is 2.50. The highest BCUT2D eigenvalue weighted by molar-refractivity contribution is 5.90. The van der Waals surface area contributed by atoms with Crippen molar-refractivity contribution in [1.29, 1.82) is 0 Å². The minimum absolute atomic E-state index is 0.00969. The minimum atomic E-state index is -0.221. The van der Waals surface area contributed by atoms with E-state index in [9.17, 15) is 4.79 Å². The number of anilines is 1. The topological polar surface area (TPSA) is 87.6 Å². The summed E-state index contributed by atoms with van der Waals surface area (Å²) < 4.78 is 1.88. The number of nitrogens with one attached hydrogen (secondary N) is 3. The van der Waals surface area contributed by atoms with Crippen molar-refractivity contribution in [2.45, 2.75) is 53.6 Å². The summed E-state index contributed by atoms with van der Waals surface area (Å²) in [6, 6.07) is 1.75. The number of carbonyl (C=O) groups excluding carboxylic acids is 1. The molecular formula is C15H24N6O. The van der Waals surface area contributed by atoms with E-state index in [0.29, 0.717) is 6.42 Å². The molecule has 0 aliphatic heterocycles. The lowest BCUT2D eigenvalue weighted by Crippen LogP contribution is -2.37. The molecule has 0 aliphatic carbocycles. The lowest BCUT2D eigenvalue weighted by atomic mass is 10.2. The molecule has 120 valence electrons. The van der Waals surface area contributed by atoms with Gasteiger partial charge in [0.2, 0.25) is 0 Å². The van der Waals surface area contributed by atoms with Crippen LogP contribution in [0.4, 0.5) is 10.5 Å². The first-order chi connectivity index (χ1) is 10.4. The summed E-state index contributed by atoms with van der Waals surface area (Å²) in [6.45, 7) is 10.6. The highest BCUT2D eigenvalue weighted by atomic mass is 16.2. The van der Waals surface area contributed by atoms with Crippen LogP contribution in [0.2, 0.25) is 0 Å². The number of urea groups is 1. The molecule has 2 aromatic rings. The van der Waals surface area contributed by atoms with Crippen molar-refractivity contribution in [2.24, 2.45) is 0 Å². The third kappa shape index (κ3) is 3.66. The highest BCUT2D eigenvalue weighted by Gasteiger charge is 2.15. The molecule has 2 heterocycles. The van der Waals surface area contributed by atoms with E-state index in [4.69, 9.17) is 0 Å². The molecule has 0 aromatic carbocycles. The number of nitrogens with zero attached hydrogens (tertiary/aromatic N) is 3. The Balaban J connectivity index is 1.94. The summed E-state index contributed by atoms with van der Waals surface area (Å²) in [5.41, 5.74) is 4.53. The van der Waals surface area contributed by atoms with E-state index >= 15 is 0 Å². The molecule has 0 saturated heterocycles. The van der Waals surface area contributed by atoms with E-state index in [0.717, 1.165) is 35.0 Å². The number of hydrogen-bond acceptors (Lipinski definition) is 3. The second-order valence-electron chi connectivity index (χ2n) is 5.61. The summed E-state index contributed by atoms with van der Waals surface area (Å²) in [5.74, 6) is 0. The van der Waals surface area contributed by atoms with Gasteiger partial charge in [-0.2, -0.15) is 10.2 Å². The minimum Gasteiger partial charge on any atom is -0.335 e. The number of carbonyl (C=O) groups is 1. The van der Waals surface area contributed by atoms with Crippen LogP contribution in [0.25, 0.3) is 0 Å². The SMILES string of the molecule is CCn1nc(C)c(NC(=O)N[C@@H](C)Cc2cc(C)[nH]n2)c1C. The van der Waals surface area contributed by atoms with Gasteiger partial charge < -0.3 is 10.6 Å². The van der Waals surface area contributed by atoms with Crippen molar-refractivity contribution in [1.82, 2.24) is 25.3 Å². The molecule has 0 saturated carbocycles. The highest BCUT2D eigenvalue weighted by Crippen LogP contribution is 2.19. The Morgan fingerprint density at radius 3 is 2.68 bits per heavy atom. The largest absolute Gasteiger partial charge is 0.335 e. The molecule has 0 fully saturated rings. The normalized spacial score (nSPS) is 12.2. The van der Waals surface area contributed by atoms with Gasteiger partial charge in [-0.25, -0.2) is 4.79 Å². The van der Waals surface area contributed by atoms with Crippen molar-refractivity contribution in [2.75, 3.05) is 5.32 Å². The summed E-state index contributed by atoms with van der Waals surface area (Å²) in [7, 11) is 0. The van der Waals surface area contributed by atoms with Gasteiger partial charge in [-0.05, 0) is 40.7 Å². The standard InChI is InChI=1S/C15H24N6O/c1-6-21-12(5)14(11(4)20-21)17-15(22)16-9(2)7-13-8-10(3)18-19-13/h8-9H,6-7H2,1-5H3,(H,18,19)(H2,16,17,22)/t9-/m0/s1. The number of rotatable bonds is 5. The van der Waals surface area contributed by atoms with Crippen LogP contribution in [0.5, 0.6) is 0 Å². The van der Waals surface area contributed by atoms with E-state index in [2.05, 4.69) is 25.9 Å². The maximum atomic E-state index is 12.1. The second kappa shape index (κ2) is 6.64. The molecule has 7 nitrogen and oxygen atoms in total. The van der Waals surface area contributed by atoms with Crippen molar-refractivity contribution in [3.63, 3.8) is 0 Å². The van der Waals surface area contributed by atoms with Gasteiger partial charge >= 0.3 is 6.03 Å². The molecule has 0 radical (unpaired) electrons. The van der Waals surface area contributed by atoms with E-state index in [1.54, 1.807) is 0 Å². The third-order valence-electron chi connectivity index (χ3n) is 3.57. The summed E-state index contributed by atoms with van der Waals surface area (Å²) in [4.78, 5) is 12.1. The Labute approximate surface area is 130 Å². The zero-order valence-corrected chi connectivity index (χ0v) is 13.8. The van der Waals surface area contributed by atoms with Gasteiger partial charge in [-0.3, -0.25) is 9.78 Å². The first kappa shape index (κ1) is 16.1. The Kier molecular flexibility index (Phi) is 4.85. The zero-order valence-electron chi connectivity index (χ0n) is 13.8.